The molecule has 2 rings (SSSR count). The average molecular weight is 187 g/mol. The summed E-state index contributed by atoms with van der Waals surface area (Å²) in [4.78, 5) is 4.31. The van der Waals surface area contributed by atoms with Gasteiger partial charge in [-0.3, -0.25) is 0 Å². The Labute approximate surface area is 83.8 Å². The normalized spacial score (nSPS) is 21.5. The van der Waals surface area contributed by atoms with Crippen LogP contribution in [0.2, 0.25) is 0 Å². The Kier molecular flexibility index (Phi) is 2.76. The number of nitrogens with zero attached hydrogens (tertiary/aromatic N) is 2. The van der Waals surface area contributed by atoms with Crippen LogP contribution in [0, 0.1) is 11.3 Å². The van der Waals surface area contributed by atoms with E-state index in [1.807, 2.05) is 12.1 Å². The summed E-state index contributed by atoms with van der Waals surface area (Å²) in [6, 6.07) is 7.75. The van der Waals surface area contributed by atoms with Crippen LogP contribution in [0.25, 0.3) is 0 Å². The summed E-state index contributed by atoms with van der Waals surface area (Å²) in [6.45, 7) is 2.09. The van der Waals surface area contributed by atoms with Gasteiger partial charge < -0.3 is 5.32 Å². The SMILES string of the molecule is N#Cc1cccc(C2CCCNC2)n1. The van der Waals surface area contributed by atoms with Crippen LogP contribution in [0.5, 0.6) is 0 Å². The third-order valence-electron chi connectivity index (χ3n) is 2.60. The average Bonchev–Trinajstić information content (AvgIpc) is 2.30. The van der Waals surface area contributed by atoms with Crippen molar-refractivity contribution >= 4 is 0 Å². The van der Waals surface area contributed by atoms with Crippen LogP contribution in [0.15, 0.2) is 18.2 Å². The Balaban J connectivity index is 2.18. The molecule has 3 nitrogen and oxygen atoms in total. The summed E-state index contributed by atoms with van der Waals surface area (Å²) in [5, 5.41) is 12.1. The highest BCUT2D eigenvalue weighted by Crippen LogP contribution is 2.21. The van der Waals surface area contributed by atoms with E-state index in [1.165, 1.54) is 12.8 Å². The number of nitrogens with one attached hydrogen (secondary N) is 1. The largest absolute Gasteiger partial charge is 0.316 e. The Morgan fingerprint density at radius 2 is 2.43 bits per heavy atom. The minimum atomic E-state index is 0.483. The molecule has 1 N–H and O–H groups in total. The first kappa shape index (κ1) is 9.17. The zero-order valence-corrected chi connectivity index (χ0v) is 8.03. The number of aromatic nitrogens is 1. The maximum atomic E-state index is 8.73. The van der Waals surface area contributed by atoms with Crippen LogP contribution in [0.1, 0.15) is 30.1 Å². The van der Waals surface area contributed by atoms with Crippen molar-refractivity contribution < 1.29 is 0 Å². The van der Waals surface area contributed by atoms with E-state index in [2.05, 4.69) is 16.4 Å². The van der Waals surface area contributed by atoms with Gasteiger partial charge in [0.25, 0.3) is 0 Å². The molecule has 14 heavy (non-hydrogen) atoms. The molecule has 2 heterocycles. The van der Waals surface area contributed by atoms with Crippen molar-refractivity contribution in [3.05, 3.63) is 29.6 Å². The quantitative estimate of drug-likeness (QED) is 0.723. The second kappa shape index (κ2) is 4.21. The monoisotopic (exact) mass is 187 g/mol. The second-order valence-corrected chi connectivity index (χ2v) is 3.60. The fraction of sp³-hybridized carbons (Fsp3) is 0.455. The zero-order valence-electron chi connectivity index (χ0n) is 8.03. The van der Waals surface area contributed by atoms with Crippen LogP contribution < -0.4 is 5.32 Å². The van der Waals surface area contributed by atoms with Crippen LogP contribution >= 0.6 is 0 Å². The van der Waals surface area contributed by atoms with Crippen molar-refractivity contribution in [2.24, 2.45) is 0 Å². The molecule has 0 amide bonds. The van der Waals surface area contributed by atoms with E-state index in [4.69, 9.17) is 5.26 Å². The van der Waals surface area contributed by atoms with Crippen molar-refractivity contribution in [3.63, 3.8) is 0 Å². The van der Waals surface area contributed by atoms with E-state index >= 15 is 0 Å². The lowest BCUT2D eigenvalue weighted by Gasteiger charge is -2.22. The van der Waals surface area contributed by atoms with Gasteiger partial charge in [-0.2, -0.15) is 5.26 Å². The van der Waals surface area contributed by atoms with Gasteiger partial charge in [-0.25, -0.2) is 4.98 Å². The molecule has 1 unspecified atom stereocenters. The third-order valence-corrected chi connectivity index (χ3v) is 2.60. The van der Waals surface area contributed by atoms with E-state index < -0.39 is 0 Å². The Morgan fingerprint density at radius 3 is 3.14 bits per heavy atom. The maximum Gasteiger partial charge on any atom is 0.140 e. The molecule has 0 saturated carbocycles. The summed E-state index contributed by atoms with van der Waals surface area (Å²) in [5.74, 6) is 0.483. The molecule has 1 aliphatic heterocycles. The fourth-order valence-electron chi connectivity index (χ4n) is 1.85. The summed E-state index contributed by atoms with van der Waals surface area (Å²) in [6.07, 6.45) is 2.37. The van der Waals surface area contributed by atoms with Gasteiger partial charge in [-0.15, -0.1) is 0 Å². The minimum absolute atomic E-state index is 0.483. The van der Waals surface area contributed by atoms with Crippen molar-refractivity contribution in [1.29, 1.82) is 5.26 Å². The number of hydrogen-bond acceptors (Lipinski definition) is 3. The van der Waals surface area contributed by atoms with Gasteiger partial charge >= 0.3 is 0 Å². The number of hydrogen-bond donors (Lipinski definition) is 1. The van der Waals surface area contributed by atoms with Gasteiger partial charge in [0.05, 0.1) is 0 Å². The summed E-state index contributed by atoms with van der Waals surface area (Å²) >= 11 is 0. The van der Waals surface area contributed by atoms with Gasteiger partial charge in [0.1, 0.15) is 11.8 Å². The van der Waals surface area contributed by atoms with Gasteiger partial charge in [0, 0.05) is 18.2 Å². The van der Waals surface area contributed by atoms with Gasteiger partial charge in [0.2, 0.25) is 0 Å². The number of pyridine rings is 1. The first-order valence-corrected chi connectivity index (χ1v) is 4.98. The molecular formula is C11H13N3. The summed E-state index contributed by atoms with van der Waals surface area (Å²) in [7, 11) is 0. The molecule has 1 fully saturated rings. The van der Waals surface area contributed by atoms with Crippen molar-refractivity contribution in [3.8, 4) is 6.07 Å². The summed E-state index contributed by atoms with van der Waals surface area (Å²) in [5.41, 5.74) is 1.57. The minimum Gasteiger partial charge on any atom is -0.316 e. The lowest BCUT2D eigenvalue weighted by molar-refractivity contribution is 0.454. The molecule has 1 aromatic rings. The highest BCUT2D eigenvalue weighted by molar-refractivity contribution is 5.24. The van der Waals surface area contributed by atoms with E-state index in [1.54, 1.807) is 6.07 Å². The molecule has 72 valence electrons. The van der Waals surface area contributed by atoms with Crippen molar-refractivity contribution in [2.45, 2.75) is 18.8 Å². The predicted octanol–water partition coefficient (Wildman–Crippen LogP) is 1.42. The predicted molar refractivity (Wildman–Crippen MR) is 53.8 cm³/mol. The molecular weight excluding hydrogens is 174 g/mol. The Bertz CT molecular complexity index is 348. The smallest absolute Gasteiger partial charge is 0.140 e. The van der Waals surface area contributed by atoms with Crippen LogP contribution in [-0.4, -0.2) is 18.1 Å². The Morgan fingerprint density at radius 1 is 1.50 bits per heavy atom. The topological polar surface area (TPSA) is 48.7 Å². The molecule has 1 saturated heterocycles. The molecule has 0 spiro atoms. The van der Waals surface area contributed by atoms with E-state index in [0.29, 0.717) is 11.6 Å². The highest BCUT2D eigenvalue weighted by Gasteiger charge is 2.16. The van der Waals surface area contributed by atoms with Crippen LogP contribution in [-0.2, 0) is 0 Å². The van der Waals surface area contributed by atoms with Gasteiger partial charge in [-0.1, -0.05) is 6.07 Å². The molecule has 3 heteroatoms. The molecule has 1 atom stereocenters. The first-order valence-electron chi connectivity index (χ1n) is 4.98. The molecule has 0 bridgehead atoms. The molecule has 1 aromatic heterocycles. The third kappa shape index (κ3) is 1.91. The molecule has 1 aliphatic rings. The number of nitriles is 1. The fourth-order valence-corrected chi connectivity index (χ4v) is 1.85. The van der Waals surface area contributed by atoms with Crippen molar-refractivity contribution in [2.75, 3.05) is 13.1 Å². The Hall–Kier alpha value is -1.40. The standard InChI is InChI=1S/C11H13N3/c12-7-10-4-1-5-11(14-10)9-3-2-6-13-8-9/h1,4-5,9,13H,2-3,6,8H2. The second-order valence-electron chi connectivity index (χ2n) is 3.60. The first-order chi connectivity index (χ1) is 6.90. The van der Waals surface area contributed by atoms with E-state index in [-0.39, 0.29) is 0 Å². The lowest BCUT2D eigenvalue weighted by Crippen LogP contribution is -2.28. The van der Waals surface area contributed by atoms with Crippen LogP contribution in [0.3, 0.4) is 0 Å². The van der Waals surface area contributed by atoms with E-state index in [0.717, 1.165) is 18.8 Å². The lowest BCUT2D eigenvalue weighted by atomic mass is 9.95. The summed E-state index contributed by atoms with van der Waals surface area (Å²) < 4.78 is 0. The molecule has 0 radical (unpaired) electrons. The number of rotatable bonds is 1. The molecule has 0 aromatic carbocycles. The highest BCUT2D eigenvalue weighted by atomic mass is 14.9. The van der Waals surface area contributed by atoms with Crippen molar-refractivity contribution in [1.82, 2.24) is 10.3 Å². The van der Waals surface area contributed by atoms with Gasteiger partial charge in [0.15, 0.2) is 0 Å². The van der Waals surface area contributed by atoms with Gasteiger partial charge in [-0.05, 0) is 31.5 Å². The maximum absolute atomic E-state index is 8.73. The zero-order chi connectivity index (χ0) is 9.80. The molecule has 0 aliphatic carbocycles. The van der Waals surface area contributed by atoms with Crippen LogP contribution in [0.4, 0.5) is 0 Å². The van der Waals surface area contributed by atoms with E-state index in [9.17, 15) is 0 Å². The number of piperidine rings is 1.